The second kappa shape index (κ2) is 9.89. The van der Waals surface area contributed by atoms with Gasteiger partial charge < -0.3 is 10.1 Å². The number of nitrogens with one attached hydrogen (secondary N) is 1. The standard InChI is InChI=1S/C20H16Cl3F3N4O/c1-11-29-15(9-21)18(23)19(30-11)27-7-6-12-2-4-16(14(22)8-12)31-17-5-3-13(10-28-17)20(24,25)26/h2-5,8,10H,6-7,9H2,1H3,(H,27,29,30). The number of nitrogens with zero attached hydrogens (tertiary/aromatic N) is 3. The van der Waals surface area contributed by atoms with E-state index in [-0.39, 0.29) is 17.5 Å². The van der Waals surface area contributed by atoms with E-state index in [0.717, 1.165) is 17.7 Å². The van der Waals surface area contributed by atoms with E-state index in [9.17, 15) is 13.2 Å². The molecule has 11 heteroatoms. The van der Waals surface area contributed by atoms with Crippen LogP contribution in [0.2, 0.25) is 10.0 Å². The Labute approximate surface area is 191 Å². The van der Waals surface area contributed by atoms with Crippen LogP contribution in [0.4, 0.5) is 19.0 Å². The number of anilines is 1. The van der Waals surface area contributed by atoms with Crippen LogP contribution >= 0.6 is 34.8 Å². The smallest absolute Gasteiger partial charge is 0.417 e. The first-order chi connectivity index (χ1) is 14.7. The van der Waals surface area contributed by atoms with Gasteiger partial charge in [-0.25, -0.2) is 15.0 Å². The molecular formula is C20H16Cl3F3N4O. The van der Waals surface area contributed by atoms with Gasteiger partial charge in [-0.3, -0.25) is 0 Å². The van der Waals surface area contributed by atoms with Gasteiger partial charge in [0.2, 0.25) is 5.88 Å². The Morgan fingerprint density at radius 3 is 2.48 bits per heavy atom. The highest BCUT2D eigenvalue weighted by molar-refractivity contribution is 6.34. The predicted molar refractivity (Wildman–Crippen MR) is 114 cm³/mol. The van der Waals surface area contributed by atoms with Gasteiger partial charge in [-0.1, -0.05) is 29.3 Å². The second-order valence-electron chi connectivity index (χ2n) is 6.44. The first kappa shape index (κ1) is 23.4. The number of aryl methyl sites for hydroxylation is 1. The number of halogens is 6. The van der Waals surface area contributed by atoms with E-state index in [0.29, 0.717) is 46.5 Å². The number of benzene rings is 1. The minimum absolute atomic E-state index is 0.00758. The maximum atomic E-state index is 12.6. The van der Waals surface area contributed by atoms with E-state index in [1.165, 1.54) is 0 Å². The first-order valence-electron chi connectivity index (χ1n) is 8.99. The Balaban J connectivity index is 1.62. The van der Waals surface area contributed by atoms with Crippen LogP contribution in [0.5, 0.6) is 11.6 Å². The lowest BCUT2D eigenvalue weighted by molar-refractivity contribution is -0.137. The van der Waals surface area contributed by atoms with E-state index >= 15 is 0 Å². The van der Waals surface area contributed by atoms with Crippen LogP contribution in [0.1, 0.15) is 22.6 Å². The lowest BCUT2D eigenvalue weighted by Crippen LogP contribution is -2.09. The van der Waals surface area contributed by atoms with E-state index in [1.54, 1.807) is 25.1 Å². The second-order valence-corrected chi connectivity index (χ2v) is 7.49. The number of aromatic nitrogens is 3. The van der Waals surface area contributed by atoms with Gasteiger partial charge in [0.1, 0.15) is 22.4 Å². The molecule has 0 saturated heterocycles. The van der Waals surface area contributed by atoms with Crippen molar-refractivity contribution in [1.29, 1.82) is 0 Å². The summed E-state index contributed by atoms with van der Waals surface area (Å²) in [6.45, 7) is 2.27. The average Bonchev–Trinajstić information content (AvgIpc) is 2.72. The molecule has 0 saturated carbocycles. The van der Waals surface area contributed by atoms with Crippen molar-refractivity contribution in [3.8, 4) is 11.6 Å². The van der Waals surface area contributed by atoms with Gasteiger partial charge >= 0.3 is 6.18 Å². The van der Waals surface area contributed by atoms with E-state index in [2.05, 4.69) is 20.3 Å². The van der Waals surface area contributed by atoms with Gasteiger partial charge in [-0.2, -0.15) is 13.2 Å². The molecule has 2 aromatic heterocycles. The Bertz CT molecular complexity index is 1060. The van der Waals surface area contributed by atoms with Crippen molar-refractivity contribution in [2.45, 2.75) is 25.4 Å². The third kappa shape index (κ3) is 6.12. The Kier molecular flexibility index (Phi) is 7.46. The van der Waals surface area contributed by atoms with Crippen LogP contribution in [0, 0.1) is 6.92 Å². The van der Waals surface area contributed by atoms with Crippen molar-refractivity contribution in [2.24, 2.45) is 0 Å². The third-order valence-corrected chi connectivity index (χ3v) is 5.08. The molecule has 2 heterocycles. The highest BCUT2D eigenvalue weighted by Crippen LogP contribution is 2.32. The fourth-order valence-electron chi connectivity index (χ4n) is 2.65. The van der Waals surface area contributed by atoms with Crippen LogP contribution in [0.25, 0.3) is 0 Å². The SMILES string of the molecule is Cc1nc(CCl)c(Cl)c(NCCc2ccc(Oc3ccc(C(F)(F)F)cn3)c(Cl)c2)n1. The van der Waals surface area contributed by atoms with Crippen molar-refractivity contribution in [3.63, 3.8) is 0 Å². The molecule has 0 aliphatic heterocycles. The van der Waals surface area contributed by atoms with Gasteiger partial charge in [-0.15, -0.1) is 11.6 Å². The van der Waals surface area contributed by atoms with E-state index < -0.39 is 11.7 Å². The van der Waals surface area contributed by atoms with Gasteiger partial charge in [0.15, 0.2) is 0 Å². The molecule has 0 amide bonds. The fourth-order valence-corrected chi connectivity index (χ4v) is 3.37. The molecule has 164 valence electrons. The van der Waals surface area contributed by atoms with Crippen molar-refractivity contribution in [2.75, 3.05) is 11.9 Å². The van der Waals surface area contributed by atoms with Gasteiger partial charge in [0, 0.05) is 18.8 Å². The van der Waals surface area contributed by atoms with Gasteiger partial charge in [-0.05, 0) is 37.1 Å². The maximum Gasteiger partial charge on any atom is 0.417 e. The first-order valence-corrected chi connectivity index (χ1v) is 10.3. The number of hydrogen-bond donors (Lipinski definition) is 1. The summed E-state index contributed by atoms with van der Waals surface area (Å²) in [5.74, 6) is 1.54. The van der Waals surface area contributed by atoms with Crippen molar-refractivity contribution in [3.05, 3.63) is 69.2 Å². The number of hydrogen-bond acceptors (Lipinski definition) is 5. The molecule has 0 atom stereocenters. The highest BCUT2D eigenvalue weighted by Gasteiger charge is 2.30. The molecular weight excluding hydrogens is 476 g/mol. The molecule has 5 nitrogen and oxygen atoms in total. The summed E-state index contributed by atoms with van der Waals surface area (Å²) in [5.41, 5.74) is 0.607. The molecule has 0 bridgehead atoms. The molecule has 3 aromatic rings. The lowest BCUT2D eigenvalue weighted by atomic mass is 10.1. The van der Waals surface area contributed by atoms with Crippen molar-refractivity contribution in [1.82, 2.24) is 15.0 Å². The quantitative estimate of drug-likeness (QED) is 0.373. The molecule has 1 aromatic carbocycles. The fraction of sp³-hybridized carbons (Fsp3) is 0.250. The van der Waals surface area contributed by atoms with Crippen LogP contribution in [-0.4, -0.2) is 21.5 Å². The number of alkyl halides is 4. The molecule has 1 N–H and O–H groups in total. The summed E-state index contributed by atoms with van der Waals surface area (Å²) < 4.78 is 43.3. The molecule has 0 aliphatic carbocycles. The predicted octanol–water partition coefficient (Wildman–Crippen LogP) is 6.69. The van der Waals surface area contributed by atoms with Crippen LogP contribution in [-0.2, 0) is 18.5 Å². The Morgan fingerprint density at radius 2 is 1.87 bits per heavy atom. The molecule has 0 radical (unpaired) electrons. The average molecular weight is 492 g/mol. The van der Waals surface area contributed by atoms with Crippen LogP contribution in [0.3, 0.4) is 0 Å². The minimum Gasteiger partial charge on any atom is -0.437 e. The third-order valence-electron chi connectivity index (χ3n) is 4.14. The van der Waals surface area contributed by atoms with E-state index in [4.69, 9.17) is 39.5 Å². The van der Waals surface area contributed by atoms with E-state index in [1.807, 2.05) is 0 Å². The minimum atomic E-state index is -4.46. The van der Waals surface area contributed by atoms with Gasteiger partial charge in [0.25, 0.3) is 0 Å². The van der Waals surface area contributed by atoms with Crippen molar-refractivity contribution < 1.29 is 17.9 Å². The Hall–Kier alpha value is -2.29. The maximum absolute atomic E-state index is 12.6. The molecule has 31 heavy (non-hydrogen) atoms. The Morgan fingerprint density at radius 1 is 1.10 bits per heavy atom. The summed E-state index contributed by atoms with van der Waals surface area (Å²) in [6, 6.07) is 7.17. The number of pyridine rings is 1. The topological polar surface area (TPSA) is 59.9 Å². The highest BCUT2D eigenvalue weighted by atomic mass is 35.5. The summed E-state index contributed by atoms with van der Waals surface area (Å²) in [7, 11) is 0. The summed E-state index contributed by atoms with van der Waals surface area (Å²) in [6.07, 6.45) is -3.15. The molecule has 0 spiro atoms. The van der Waals surface area contributed by atoms with Gasteiger partial charge in [0.05, 0.1) is 22.2 Å². The molecule has 3 rings (SSSR count). The van der Waals surface area contributed by atoms with Crippen molar-refractivity contribution >= 4 is 40.6 Å². The lowest BCUT2D eigenvalue weighted by Gasteiger charge is -2.12. The molecule has 0 fully saturated rings. The summed E-state index contributed by atoms with van der Waals surface area (Å²) >= 11 is 18.3. The largest absolute Gasteiger partial charge is 0.437 e. The zero-order chi connectivity index (χ0) is 22.6. The number of rotatable bonds is 7. The summed E-state index contributed by atoms with van der Waals surface area (Å²) in [4.78, 5) is 12.1. The van der Waals surface area contributed by atoms with Crippen LogP contribution < -0.4 is 10.1 Å². The molecule has 0 unspecified atom stereocenters. The normalized spacial score (nSPS) is 11.5. The monoisotopic (exact) mass is 490 g/mol. The summed E-state index contributed by atoms with van der Waals surface area (Å²) in [5, 5.41) is 3.84. The number of ether oxygens (including phenoxy) is 1. The zero-order valence-corrected chi connectivity index (χ0v) is 18.4. The molecule has 0 aliphatic rings. The zero-order valence-electron chi connectivity index (χ0n) is 16.1. The van der Waals surface area contributed by atoms with Crippen LogP contribution in [0.15, 0.2) is 36.5 Å².